The molecule has 1 fully saturated rings. The second-order valence-electron chi connectivity index (χ2n) is 3.43. The smallest absolute Gasteiger partial charge is 0.254 e. The quantitative estimate of drug-likeness (QED) is 0.707. The highest BCUT2D eigenvalue weighted by molar-refractivity contribution is 5.12. The Labute approximate surface area is 70.9 Å². The van der Waals surface area contributed by atoms with Gasteiger partial charge in [-0.2, -0.15) is 0 Å². The molecular formula is C8H12N2O2. The zero-order valence-electron chi connectivity index (χ0n) is 7.26. The summed E-state index contributed by atoms with van der Waals surface area (Å²) in [6, 6.07) is 1.80. The van der Waals surface area contributed by atoms with E-state index in [1.807, 2.05) is 13.8 Å². The molecule has 0 unspecified atom stereocenters. The fourth-order valence-electron chi connectivity index (χ4n) is 1.19. The van der Waals surface area contributed by atoms with Gasteiger partial charge < -0.3 is 14.6 Å². The van der Waals surface area contributed by atoms with Gasteiger partial charge in [0.15, 0.2) is 0 Å². The molecule has 0 aromatic carbocycles. The summed E-state index contributed by atoms with van der Waals surface area (Å²) in [6.45, 7) is 5.65. The van der Waals surface area contributed by atoms with Crippen LogP contribution in [-0.4, -0.2) is 23.8 Å². The van der Waals surface area contributed by atoms with E-state index in [4.69, 9.17) is 9.26 Å². The normalized spacial score (nSPS) is 20.2. The molecule has 1 saturated heterocycles. The maximum absolute atomic E-state index is 5.59. The third-order valence-corrected chi connectivity index (χ3v) is 1.96. The van der Waals surface area contributed by atoms with Crippen molar-refractivity contribution in [3.05, 3.63) is 11.8 Å². The predicted octanol–water partition coefficient (Wildman–Crippen LogP) is 0.724. The lowest BCUT2D eigenvalue weighted by Gasteiger charge is -2.38. The molecule has 4 nitrogen and oxygen atoms in total. The zero-order valence-corrected chi connectivity index (χ0v) is 7.26. The van der Waals surface area contributed by atoms with Crippen molar-refractivity contribution in [2.75, 3.05) is 13.1 Å². The van der Waals surface area contributed by atoms with Crippen LogP contribution in [0.4, 0.5) is 0 Å². The third kappa shape index (κ3) is 1.30. The van der Waals surface area contributed by atoms with Gasteiger partial charge in [-0.3, -0.25) is 0 Å². The minimum Gasteiger partial charge on any atom is -0.466 e. The van der Waals surface area contributed by atoms with E-state index >= 15 is 0 Å². The van der Waals surface area contributed by atoms with Crippen LogP contribution in [0.25, 0.3) is 0 Å². The Morgan fingerprint density at radius 3 is 2.83 bits per heavy atom. The molecule has 0 atom stereocenters. The second kappa shape index (κ2) is 2.48. The molecule has 0 spiro atoms. The number of aromatic nitrogens is 1. The molecule has 2 rings (SSSR count). The Morgan fingerprint density at radius 2 is 2.42 bits per heavy atom. The van der Waals surface area contributed by atoms with E-state index in [9.17, 15) is 0 Å². The van der Waals surface area contributed by atoms with Gasteiger partial charge in [0, 0.05) is 19.2 Å². The van der Waals surface area contributed by atoms with Gasteiger partial charge in [-0.15, -0.1) is 0 Å². The monoisotopic (exact) mass is 168 g/mol. The van der Waals surface area contributed by atoms with Crippen LogP contribution in [0.5, 0.6) is 5.88 Å². The molecule has 1 aromatic heterocycles. The van der Waals surface area contributed by atoms with Gasteiger partial charge in [0.05, 0.1) is 0 Å². The number of rotatable bonds is 2. The highest BCUT2D eigenvalue weighted by Gasteiger charge is 2.34. The topological polar surface area (TPSA) is 47.3 Å². The summed E-state index contributed by atoms with van der Waals surface area (Å²) in [6.07, 6.45) is 0. The summed E-state index contributed by atoms with van der Waals surface area (Å²) in [7, 11) is 0. The van der Waals surface area contributed by atoms with Crippen molar-refractivity contribution in [3.8, 4) is 5.88 Å². The van der Waals surface area contributed by atoms with Gasteiger partial charge in [-0.1, -0.05) is 0 Å². The Balaban J connectivity index is 2.03. The first kappa shape index (κ1) is 7.61. The van der Waals surface area contributed by atoms with Crippen molar-refractivity contribution in [2.24, 2.45) is 0 Å². The first-order valence-corrected chi connectivity index (χ1v) is 4.01. The molecule has 1 aromatic rings. The average Bonchev–Trinajstić information content (AvgIpc) is 2.32. The standard InChI is InChI=1S/C8H12N2O2/c1-6-3-7(10-12-6)11-8(2)4-9-5-8/h3,9H,4-5H2,1-2H3. The Kier molecular flexibility index (Phi) is 1.58. The molecule has 1 N–H and O–H groups in total. The fourth-order valence-corrected chi connectivity index (χ4v) is 1.19. The fraction of sp³-hybridized carbons (Fsp3) is 0.625. The molecule has 66 valence electrons. The van der Waals surface area contributed by atoms with Crippen LogP contribution in [-0.2, 0) is 0 Å². The maximum Gasteiger partial charge on any atom is 0.254 e. The summed E-state index contributed by atoms with van der Waals surface area (Å²) < 4.78 is 10.5. The molecule has 12 heavy (non-hydrogen) atoms. The van der Waals surface area contributed by atoms with Crippen molar-refractivity contribution >= 4 is 0 Å². The molecule has 0 bridgehead atoms. The maximum atomic E-state index is 5.59. The molecule has 0 radical (unpaired) electrons. The minimum absolute atomic E-state index is 0.0939. The molecule has 1 aliphatic heterocycles. The van der Waals surface area contributed by atoms with Crippen molar-refractivity contribution in [3.63, 3.8) is 0 Å². The summed E-state index contributed by atoms with van der Waals surface area (Å²) in [4.78, 5) is 0. The molecule has 0 aliphatic carbocycles. The predicted molar refractivity (Wildman–Crippen MR) is 43.1 cm³/mol. The van der Waals surface area contributed by atoms with E-state index < -0.39 is 0 Å². The van der Waals surface area contributed by atoms with E-state index in [1.165, 1.54) is 0 Å². The number of nitrogens with one attached hydrogen (secondary N) is 1. The van der Waals surface area contributed by atoms with Crippen LogP contribution in [0.1, 0.15) is 12.7 Å². The van der Waals surface area contributed by atoms with Crippen molar-refractivity contribution in [1.82, 2.24) is 10.5 Å². The minimum atomic E-state index is -0.0939. The number of nitrogens with zero attached hydrogens (tertiary/aromatic N) is 1. The third-order valence-electron chi connectivity index (χ3n) is 1.96. The highest BCUT2D eigenvalue weighted by Crippen LogP contribution is 2.20. The Hall–Kier alpha value is -1.03. The molecular weight excluding hydrogens is 156 g/mol. The van der Waals surface area contributed by atoms with Crippen LogP contribution in [0.15, 0.2) is 10.6 Å². The molecule has 1 aliphatic rings. The van der Waals surface area contributed by atoms with Gasteiger partial charge in [0.25, 0.3) is 5.88 Å². The van der Waals surface area contributed by atoms with Crippen molar-refractivity contribution in [1.29, 1.82) is 0 Å². The van der Waals surface area contributed by atoms with Crippen LogP contribution in [0.3, 0.4) is 0 Å². The zero-order chi connectivity index (χ0) is 8.60. The number of aryl methyl sites for hydroxylation is 1. The lowest BCUT2D eigenvalue weighted by Crippen LogP contribution is -2.61. The number of hydrogen-bond donors (Lipinski definition) is 1. The van der Waals surface area contributed by atoms with Gasteiger partial charge in [-0.25, -0.2) is 0 Å². The average molecular weight is 168 g/mol. The summed E-state index contributed by atoms with van der Waals surface area (Å²) in [5.74, 6) is 1.36. The molecule has 4 heteroatoms. The summed E-state index contributed by atoms with van der Waals surface area (Å²) in [5, 5.41) is 6.90. The van der Waals surface area contributed by atoms with E-state index in [1.54, 1.807) is 6.07 Å². The molecule has 0 amide bonds. The largest absolute Gasteiger partial charge is 0.466 e. The SMILES string of the molecule is Cc1cc(OC2(C)CNC2)no1. The van der Waals surface area contributed by atoms with E-state index in [2.05, 4.69) is 10.5 Å². The Bertz CT molecular complexity index is 278. The molecule has 0 saturated carbocycles. The van der Waals surface area contributed by atoms with E-state index in [0.29, 0.717) is 5.88 Å². The first-order chi connectivity index (χ1) is 5.68. The van der Waals surface area contributed by atoms with E-state index in [-0.39, 0.29) is 5.60 Å². The van der Waals surface area contributed by atoms with Crippen molar-refractivity contribution < 1.29 is 9.26 Å². The van der Waals surface area contributed by atoms with Gasteiger partial charge >= 0.3 is 0 Å². The number of ether oxygens (including phenoxy) is 1. The van der Waals surface area contributed by atoms with Crippen LogP contribution in [0.2, 0.25) is 0 Å². The first-order valence-electron chi connectivity index (χ1n) is 4.01. The van der Waals surface area contributed by atoms with Gasteiger partial charge in [-0.05, 0) is 19.0 Å². The van der Waals surface area contributed by atoms with Crippen LogP contribution < -0.4 is 10.1 Å². The highest BCUT2D eigenvalue weighted by atomic mass is 16.6. The van der Waals surface area contributed by atoms with Gasteiger partial charge in [0.1, 0.15) is 11.4 Å². The van der Waals surface area contributed by atoms with Crippen LogP contribution >= 0.6 is 0 Å². The molecule has 2 heterocycles. The lowest BCUT2D eigenvalue weighted by molar-refractivity contribution is 0.0273. The number of hydrogen-bond acceptors (Lipinski definition) is 4. The van der Waals surface area contributed by atoms with Crippen molar-refractivity contribution in [2.45, 2.75) is 19.4 Å². The lowest BCUT2D eigenvalue weighted by atomic mass is 10.0. The summed E-state index contributed by atoms with van der Waals surface area (Å²) in [5.41, 5.74) is -0.0939. The van der Waals surface area contributed by atoms with Crippen LogP contribution in [0, 0.1) is 6.92 Å². The van der Waals surface area contributed by atoms with E-state index in [0.717, 1.165) is 18.8 Å². The Morgan fingerprint density at radius 1 is 1.67 bits per heavy atom. The second-order valence-corrected chi connectivity index (χ2v) is 3.43. The van der Waals surface area contributed by atoms with Gasteiger partial charge in [0.2, 0.25) is 0 Å². The summed E-state index contributed by atoms with van der Waals surface area (Å²) >= 11 is 0.